The van der Waals surface area contributed by atoms with Crippen LogP contribution < -0.4 is 0 Å². The molecule has 20 heavy (non-hydrogen) atoms. The van der Waals surface area contributed by atoms with E-state index in [-0.39, 0.29) is 6.10 Å². The number of nitriles is 1. The second kappa shape index (κ2) is 4.32. The molecule has 2 fully saturated rings. The lowest BCUT2D eigenvalue weighted by atomic mass is 10.0. The van der Waals surface area contributed by atoms with Gasteiger partial charge in [0.2, 0.25) is 0 Å². The Labute approximate surface area is 118 Å². The molecule has 102 valence electrons. The molecule has 1 aliphatic heterocycles. The Bertz CT molecular complexity index is 708. The third-order valence-electron chi connectivity index (χ3n) is 4.40. The fourth-order valence-electron chi connectivity index (χ4n) is 3.13. The molecule has 2 unspecified atom stereocenters. The van der Waals surface area contributed by atoms with E-state index in [1.165, 1.54) is 12.8 Å². The molecule has 1 aromatic carbocycles. The smallest absolute Gasteiger partial charge is 0.139 e. The van der Waals surface area contributed by atoms with Crippen LogP contribution in [0.1, 0.15) is 49.7 Å². The maximum atomic E-state index is 9.04. The summed E-state index contributed by atoms with van der Waals surface area (Å²) in [5.41, 5.74) is 2.74. The van der Waals surface area contributed by atoms with E-state index in [2.05, 4.69) is 17.6 Å². The van der Waals surface area contributed by atoms with Crippen LogP contribution in [0.3, 0.4) is 0 Å². The Morgan fingerprint density at radius 3 is 2.85 bits per heavy atom. The number of imidazole rings is 1. The molecular weight excluding hydrogens is 250 g/mol. The quantitative estimate of drug-likeness (QED) is 0.838. The molecule has 4 nitrogen and oxygen atoms in total. The maximum absolute atomic E-state index is 9.04. The fourth-order valence-corrected chi connectivity index (χ4v) is 3.13. The standard InChI is InChI=1S/C16H17N3O/c1-10-6-7-20-15(10)16-18-13-8-11(9-17)2-5-14(13)19(16)12-3-4-12/h2,5,8,10,12,15H,3-4,6-7H2,1H3. The fraction of sp³-hybridized carbons (Fsp3) is 0.500. The first-order valence-electron chi connectivity index (χ1n) is 7.31. The number of fused-ring (bicyclic) bond motifs is 1. The summed E-state index contributed by atoms with van der Waals surface area (Å²) in [7, 11) is 0. The van der Waals surface area contributed by atoms with Gasteiger partial charge < -0.3 is 9.30 Å². The molecule has 1 saturated heterocycles. The third-order valence-corrected chi connectivity index (χ3v) is 4.40. The Kier molecular flexibility index (Phi) is 2.58. The summed E-state index contributed by atoms with van der Waals surface area (Å²) in [5.74, 6) is 1.57. The summed E-state index contributed by atoms with van der Waals surface area (Å²) in [6.07, 6.45) is 3.65. The molecule has 0 N–H and O–H groups in total. The van der Waals surface area contributed by atoms with Crippen molar-refractivity contribution in [3.63, 3.8) is 0 Å². The second-order valence-corrected chi connectivity index (χ2v) is 5.94. The summed E-state index contributed by atoms with van der Waals surface area (Å²) in [4.78, 5) is 4.80. The highest BCUT2D eigenvalue weighted by molar-refractivity contribution is 5.78. The van der Waals surface area contributed by atoms with E-state index >= 15 is 0 Å². The Balaban J connectivity index is 1.90. The largest absolute Gasteiger partial charge is 0.370 e. The first kappa shape index (κ1) is 11.9. The zero-order valence-electron chi connectivity index (χ0n) is 11.5. The van der Waals surface area contributed by atoms with Crippen LogP contribution in [0.15, 0.2) is 18.2 Å². The molecule has 2 aromatic rings. The van der Waals surface area contributed by atoms with Gasteiger partial charge in [-0.15, -0.1) is 0 Å². The number of aromatic nitrogens is 2. The second-order valence-electron chi connectivity index (χ2n) is 5.94. The number of hydrogen-bond donors (Lipinski definition) is 0. The predicted octanol–water partition coefficient (Wildman–Crippen LogP) is 3.34. The van der Waals surface area contributed by atoms with Gasteiger partial charge in [0.1, 0.15) is 11.9 Å². The Hall–Kier alpha value is -1.86. The van der Waals surface area contributed by atoms with Gasteiger partial charge in [0.25, 0.3) is 0 Å². The Morgan fingerprint density at radius 2 is 2.20 bits per heavy atom. The normalized spacial score (nSPS) is 26.0. The minimum atomic E-state index is 0.105. The van der Waals surface area contributed by atoms with Gasteiger partial charge in [0.15, 0.2) is 0 Å². The van der Waals surface area contributed by atoms with Crippen LogP contribution >= 0.6 is 0 Å². The molecule has 4 heteroatoms. The molecule has 0 amide bonds. The highest BCUT2D eigenvalue weighted by atomic mass is 16.5. The van der Waals surface area contributed by atoms with Gasteiger partial charge in [-0.1, -0.05) is 6.92 Å². The van der Waals surface area contributed by atoms with Crippen molar-refractivity contribution in [1.82, 2.24) is 9.55 Å². The lowest BCUT2D eigenvalue weighted by molar-refractivity contribution is 0.0846. The van der Waals surface area contributed by atoms with Crippen molar-refractivity contribution < 1.29 is 4.74 Å². The van der Waals surface area contributed by atoms with E-state index in [1.54, 1.807) is 0 Å². The first-order chi connectivity index (χ1) is 9.78. The van der Waals surface area contributed by atoms with Crippen LogP contribution in [0, 0.1) is 17.2 Å². The van der Waals surface area contributed by atoms with Gasteiger partial charge in [0.05, 0.1) is 22.7 Å². The molecular formula is C16H17N3O. The summed E-state index contributed by atoms with van der Waals surface area (Å²) in [6, 6.07) is 8.56. The van der Waals surface area contributed by atoms with Gasteiger partial charge in [-0.05, 0) is 43.4 Å². The van der Waals surface area contributed by atoms with Gasteiger partial charge >= 0.3 is 0 Å². The van der Waals surface area contributed by atoms with Crippen molar-refractivity contribution in [3.05, 3.63) is 29.6 Å². The molecule has 1 aromatic heterocycles. The zero-order chi connectivity index (χ0) is 13.7. The average Bonchev–Trinajstić information content (AvgIpc) is 3.10. The van der Waals surface area contributed by atoms with Crippen LogP contribution in [0.4, 0.5) is 0 Å². The first-order valence-corrected chi connectivity index (χ1v) is 7.31. The van der Waals surface area contributed by atoms with E-state index in [0.29, 0.717) is 17.5 Å². The van der Waals surface area contributed by atoms with Crippen molar-refractivity contribution in [2.24, 2.45) is 5.92 Å². The lowest BCUT2D eigenvalue weighted by Crippen LogP contribution is -2.11. The highest BCUT2D eigenvalue weighted by Gasteiger charge is 2.35. The van der Waals surface area contributed by atoms with E-state index < -0.39 is 0 Å². The van der Waals surface area contributed by atoms with Gasteiger partial charge in [-0.3, -0.25) is 0 Å². The van der Waals surface area contributed by atoms with Crippen molar-refractivity contribution in [3.8, 4) is 6.07 Å². The maximum Gasteiger partial charge on any atom is 0.139 e. The zero-order valence-corrected chi connectivity index (χ0v) is 11.5. The van der Waals surface area contributed by atoms with E-state index in [0.717, 1.165) is 29.9 Å². The van der Waals surface area contributed by atoms with E-state index in [9.17, 15) is 0 Å². The molecule has 1 saturated carbocycles. The predicted molar refractivity (Wildman–Crippen MR) is 75.2 cm³/mol. The summed E-state index contributed by atoms with van der Waals surface area (Å²) >= 11 is 0. The molecule has 2 aliphatic rings. The molecule has 2 heterocycles. The monoisotopic (exact) mass is 267 g/mol. The summed E-state index contributed by atoms with van der Waals surface area (Å²) in [5, 5.41) is 9.04. The van der Waals surface area contributed by atoms with Crippen molar-refractivity contribution >= 4 is 11.0 Å². The topological polar surface area (TPSA) is 50.8 Å². The van der Waals surface area contributed by atoms with Gasteiger partial charge in [-0.25, -0.2) is 4.98 Å². The summed E-state index contributed by atoms with van der Waals surface area (Å²) < 4.78 is 8.26. The molecule has 0 spiro atoms. The molecule has 2 atom stereocenters. The minimum absolute atomic E-state index is 0.105. The number of nitrogens with zero attached hydrogens (tertiary/aromatic N) is 3. The summed E-state index contributed by atoms with van der Waals surface area (Å²) in [6.45, 7) is 3.05. The van der Waals surface area contributed by atoms with Crippen molar-refractivity contribution in [1.29, 1.82) is 5.26 Å². The van der Waals surface area contributed by atoms with Crippen LogP contribution in [-0.2, 0) is 4.74 Å². The molecule has 0 bridgehead atoms. The third kappa shape index (κ3) is 1.74. The highest BCUT2D eigenvalue weighted by Crippen LogP contribution is 2.43. The van der Waals surface area contributed by atoms with Crippen molar-refractivity contribution in [2.75, 3.05) is 6.61 Å². The van der Waals surface area contributed by atoms with Gasteiger partial charge in [0, 0.05) is 12.6 Å². The Morgan fingerprint density at radius 1 is 1.35 bits per heavy atom. The van der Waals surface area contributed by atoms with Gasteiger partial charge in [-0.2, -0.15) is 5.26 Å². The number of benzene rings is 1. The minimum Gasteiger partial charge on any atom is -0.370 e. The molecule has 1 aliphatic carbocycles. The average molecular weight is 267 g/mol. The number of hydrogen-bond acceptors (Lipinski definition) is 3. The SMILES string of the molecule is CC1CCOC1c1nc2cc(C#N)ccc2n1C1CC1. The molecule has 0 radical (unpaired) electrons. The number of ether oxygens (including phenoxy) is 1. The van der Waals surface area contributed by atoms with Crippen LogP contribution in [0.25, 0.3) is 11.0 Å². The lowest BCUT2D eigenvalue weighted by Gasteiger charge is -2.16. The van der Waals surface area contributed by atoms with Crippen LogP contribution in [-0.4, -0.2) is 16.2 Å². The van der Waals surface area contributed by atoms with E-state index in [1.807, 2.05) is 18.2 Å². The van der Waals surface area contributed by atoms with Crippen LogP contribution in [0.5, 0.6) is 0 Å². The van der Waals surface area contributed by atoms with Crippen molar-refractivity contribution in [2.45, 2.75) is 38.3 Å². The molecule has 4 rings (SSSR count). The number of rotatable bonds is 2. The van der Waals surface area contributed by atoms with E-state index in [4.69, 9.17) is 15.0 Å². The van der Waals surface area contributed by atoms with Crippen LogP contribution in [0.2, 0.25) is 0 Å².